The van der Waals surface area contributed by atoms with Crippen LogP contribution in [0.4, 0.5) is 5.00 Å². The molecule has 9 heteroatoms. The average molecular weight is 421 g/mol. The van der Waals surface area contributed by atoms with Crippen LogP contribution in [-0.4, -0.2) is 38.2 Å². The molecule has 8 nitrogen and oxygen atoms in total. The van der Waals surface area contributed by atoms with Crippen molar-refractivity contribution in [2.75, 3.05) is 26.1 Å². The predicted molar refractivity (Wildman–Crippen MR) is 107 cm³/mol. The van der Waals surface area contributed by atoms with Crippen molar-refractivity contribution in [3.8, 4) is 0 Å². The van der Waals surface area contributed by atoms with Crippen molar-refractivity contribution < 1.29 is 33.3 Å². The molecule has 1 aromatic carbocycles. The van der Waals surface area contributed by atoms with Gasteiger partial charge in [0.05, 0.1) is 25.4 Å². The molecule has 1 aromatic heterocycles. The molecule has 0 atom stereocenters. The molecule has 0 unspecified atom stereocenters. The number of carbonyl (C=O) groups excluding carboxylic acids is 3. The van der Waals surface area contributed by atoms with Crippen molar-refractivity contribution in [2.24, 2.45) is 0 Å². The van der Waals surface area contributed by atoms with Crippen molar-refractivity contribution in [3.05, 3.63) is 51.4 Å². The minimum absolute atomic E-state index is 0.0147. The van der Waals surface area contributed by atoms with Gasteiger partial charge in [-0.2, -0.15) is 0 Å². The van der Waals surface area contributed by atoms with Gasteiger partial charge in [0.25, 0.3) is 0 Å². The molecule has 0 amide bonds. The third-order valence-corrected chi connectivity index (χ3v) is 4.84. The zero-order chi connectivity index (χ0) is 21.4. The molecular weight excluding hydrogens is 398 g/mol. The van der Waals surface area contributed by atoms with Gasteiger partial charge >= 0.3 is 17.9 Å². The highest BCUT2D eigenvalue weighted by molar-refractivity contribution is 7.18. The van der Waals surface area contributed by atoms with Crippen LogP contribution in [0.25, 0.3) is 0 Å². The molecule has 0 saturated carbocycles. The summed E-state index contributed by atoms with van der Waals surface area (Å²) in [7, 11) is 1.56. The zero-order valence-electron chi connectivity index (χ0n) is 16.5. The summed E-state index contributed by atoms with van der Waals surface area (Å²) in [5.74, 6) is -1.95. The van der Waals surface area contributed by atoms with Gasteiger partial charge in [-0.25, -0.2) is 14.4 Å². The molecule has 0 spiro atoms. The molecule has 0 aliphatic heterocycles. The summed E-state index contributed by atoms with van der Waals surface area (Å²) >= 11 is 0.894. The van der Waals surface area contributed by atoms with Gasteiger partial charge in [0.2, 0.25) is 0 Å². The van der Waals surface area contributed by atoms with Crippen molar-refractivity contribution in [3.63, 3.8) is 0 Å². The lowest BCUT2D eigenvalue weighted by Gasteiger charge is -2.09. The van der Waals surface area contributed by atoms with Gasteiger partial charge in [-0.1, -0.05) is 12.1 Å². The zero-order valence-corrected chi connectivity index (χ0v) is 17.3. The molecule has 0 bridgehead atoms. The number of ether oxygens (including phenoxy) is 4. The predicted octanol–water partition coefficient (Wildman–Crippen LogP) is 3.19. The van der Waals surface area contributed by atoms with Gasteiger partial charge in [0, 0.05) is 12.7 Å². The van der Waals surface area contributed by atoms with E-state index in [9.17, 15) is 14.4 Å². The molecule has 2 N–H and O–H groups in total. The summed E-state index contributed by atoms with van der Waals surface area (Å²) < 4.78 is 20.4. The number of thiophene rings is 1. The van der Waals surface area contributed by atoms with Gasteiger partial charge in [-0.05, 0) is 31.5 Å². The van der Waals surface area contributed by atoms with Crippen molar-refractivity contribution >= 4 is 34.2 Å². The van der Waals surface area contributed by atoms with Crippen molar-refractivity contribution in [1.82, 2.24) is 0 Å². The second-order valence-corrected chi connectivity index (χ2v) is 6.85. The molecule has 0 saturated heterocycles. The van der Waals surface area contributed by atoms with Gasteiger partial charge in [-0.15, -0.1) is 11.3 Å². The number of esters is 3. The van der Waals surface area contributed by atoms with E-state index >= 15 is 0 Å². The largest absolute Gasteiger partial charge is 0.462 e. The smallest absolute Gasteiger partial charge is 0.348 e. The summed E-state index contributed by atoms with van der Waals surface area (Å²) in [6.45, 7) is 3.62. The van der Waals surface area contributed by atoms with E-state index in [2.05, 4.69) is 0 Å². The number of hydrogen-bond acceptors (Lipinski definition) is 9. The Morgan fingerprint density at radius 1 is 0.966 bits per heavy atom. The van der Waals surface area contributed by atoms with Crippen LogP contribution in [0, 0.1) is 0 Å². The second kappa shape index (κ2) is 10.6. The number of anilines is 1. The summed E-state index contributed by atoms with van der Waals surface area (Å²) in [5, 5.41) is 0.0969. The first-order valence-corrected chi connectivity index (χ1v) is 9.74. The summed E-state index contributed by atoms with van der Waals surface area (Å²) in [5.41, 5.74) is 7.24. The van der Waals surface area contributed by atoms with Gasteiger partial charge < -0.3 is 24.7 Å². The van der Waals surface area contributed by atoms with Crippen molar-refractivity contribution in [1.29, 1.82) is 0 Å². The van der Waals surface area contributed by atoms with Crippen LogP contribution in [0.5, 0.6) is 0 Å². The number of carbonyl (C=O) groups is 3. The Morgan fingerprint density at radius 2 is 1.66 bits per heavy atom. The maximum Gasteiger partial charge on any atom is 0.348 e. The average Bonchev–Trinajstić information content (AvgIpc) is 3.03. The number of methoxy groups -OCH3 is 1. The highest BCUT2D eigenvalue weighted by Gasteiger charge is 2.28. The Balaban J connectivity index is 2.29. The minimum atomic E-state index is -0.690. The lowest BCUT2D eigenvalue weighted by molar-refractivity contribution is 0.0437. The summed E-state index contributed by atoms with van der Waals surface area (Å²) in [4.78, 5) is 37.2. The molecular formula is C20H23NO7S. The number of nitrogen functional groups attached to an aromatic ring is 1. The highest BCUT2D eigenvalue weighted by atomic mass is 32.1. The van der Waals surface area contributed by atoms with E-state index in [1.165, 1.54) is 0 Å². The highest BCUT2D eigenvalue weighted by Crippen LogP contribution is 2.33. The molecule has 1 heterocycles. The number of benzene rings is 1. The number of hydrogen-bond donors (Lipinski definition) is 1. The number of rotatable bonds is 9. The third kappa shape index (κ3) is 5.55. The molecule has 2 aromatic rings. The molecule has 0 aliphatic rings. The van der Waals surface area contributed by atoms with Crippen LogP contribution in [0.2, 0.25) is 0 Å². The first-order chi connectivity index (χ1) is 13.9. The van der Waals surface area contributed by atoms with Gasteiger partial charge in [0.1, 0.15) is 22.0 Å². The van der Waals surface area contributed by atoms with Crippen LogP contribution in [-0.2, 0) is 32.2 Å². The van der Waals surface area contributed by atoms with Crippen LogP contribution in [0.1, 0.15) is 55.4 Å². The van der Waals surface area contributed by atoms with Crippen LogP contribution < -0.4 is 5.73 Å². The Bertz CT molecular complexity index is 891. The maximum absolute atomic E-state index is 12.5. The van der Waals surface area contributed by atoms with E-state index in [1.807, 2.05) is 6.07 Å². The number of nitrogens with two attached hydrogens (primary N) is 1. The molecule has 2 rings (SSSR count). The minimum Gasteiger partial charge on any atom is -0.462 e. The van der Waals surface area contributed by atoms with Crippen LogP contribution >= 0.6 is 11.3 Å². The summed E-state index contributed by atoms with van der Waals surface area (Å²) in [6, 6.07) is 6.77. The van der Waals surface area contributed by atoms with E-state index in [0.29, 0.717) is 12.2 Å². The van der Waals surface area contributed by atoms with E-state index in [0.717, 1.165) is 16.9 Å². The fourth-order valence-electron chi connectivity index (χ4n) is 2.59. The lowest BCUT2D eigenvalue weighted by Crippen LogP contribution is -2.14. The Morgan fingerprint density at radius 3 is 2.31 bits per heavy atom. The molecule has 0 fully saturated rings. The van der Waals surface area contributed by atoms with E-state index in [4.69, 9.17) is 24.7 Å². The van der Waals surface area contributed by atoms with Gasteiger partial charge in [-0.3, -0.25) is 0 Å². The first-order valence-electron chi connectivity index (χ1n) is 8.93. The fourth-order valence-corrected chi connectivity index (χ4v) is 3.54. The Labute approximate surface area is 172 Å². The molecule has 0 radical (unpaired) electrons. The first kappa shape index (κ1) is 22.4. The standard InChI is InChI=1S/C20H23NO7S/c1-4-26-19(23)15-14(16(29-17(15)21)20(24)27-5-2)11-28-18(22)13-8-6-7-12(9-13)10-25-3/h6-9H,4-5,10-11,21H2,1-3H3. The quantitative estimate of drug-likeness (QED) is 0.485. The maximum atomic E-state index is 12.5. The fraction of sp³-hybridized carbons (Fsp3) is 0.350. The monoisotopic (exact) mass is 421 g/mol. The topological polar surface area (TPSA) is 114 Å². The SMILES string of the molecule is CCOC(=O)c1sc(N)c(C(=O)OCC)c1COC(=O)c1cccc(COC)c1. The van der Waals surface area contributed by atoms with E-state index < -0.39 is 17.9 Å². The lowest BCUT2D eigenvalue weighted by atomic mass is 10.1. The molecule has 0 aliphatic carbocycles. The Hall–Kier alpha value is -2.91. The second-order valence-electron chi connectivity index (χ2n) is 5.80. The van der Waals surface area contributed by atoms with Crippen molar-refractivity contribution in [2.45, 2.75) is 27.1 Å². The van der Waals surface area contributed by atoms with Crippen LogP contribution in [0.15, 0.2) is 24.3 Å². The van der Waals surface area contributed by atoms with E-state index in [-0.39, 0.29) is 40.8 Å². The Kier molecular flexibility index (Phi) is 8.17. The molecule has 29 heavy (non-hydrogen) atoms. The third-order valence-electron chi connectivity index (χ3n) is 3.80. The molecule has 156 valence electrons. The van der Waals surface area contributed by atoms with E-state index in [1.54, 1.807) is 39.2 Å². The normalized spacial score (nSPS) is 10.4. The summed E-state index contributed by atoms with van der Waals surface area (Å²) in [6.07, 6.45) is 0. The van der Waals surface area contributed by atoms with Crippen LogP contribution in [0.3, 0.4) is 0 Å². The van der Waals surface area contributed by atoms with Gasteiger partial charge in [0.15, 0.2) is 0 Å².